The van der Waals surface area contributed by atoms with Gasteiger partial charge >= 0.3 is 0 Å². The summed E-state index contributed by atoms with van der Waals surface area (Å²) in [6.45, 7) is 0. The molecule has 254 valence electrons. The predicted molar refractivity (Wildman–Crippen MR) is 229 cm³/mol. The van der Waals surface area contributed by atoms with Crippen LogP contribution in [0.5, 0.6) is 0 Å². The quantitative estimate of drug-likeness (QED) is 0.162. The zero-order valence-electron chi connectivity index (χ0n) is 29.7. The minimum atomic E-state index is 1.09. The first-order chi connectivity index (χ1) is 26.8. The van der Waals surface area contributed by atoms with Gasteiger partial charge in [0.2, 0.25) is 0 Å². The van der Waals surface area contributed by atoms with Gasteiger partial charge in [0.05, 0.1) is 16.7 Å². The van der Waals surface area contributed by atoms with Crippen molar-refractivity contribution in [2.75, 3.05) is 4.90 Å². The summed E-state index contributed by atoms with van der Waals surface area (Å²) in [5.41, 5.74) is 14.0. The van der Waals surface area contributed by atoms with Gasteiger partial charge in [-0.2, -0.15) is 0 Å². The van der Waals surface area contributed by atoms with E-state index in [-0.39, 0.29) is 0 Å². The number of rotatable bonds is 7. The van der Waals surface area contributed by atoms with Crippen LogP contribution in [0.4, 0.5) is 17.1 Å². The molecule has 0 aliphatic heterocycles. The molecule has 0 atom stereocenters. The molecule has 1 heterocycles. The third kappa shape index (κ3) is 5.62. The molecule has 2 nitrogen and oxygen atoms in total. The molecule has 0 aliphatic rings. The van der Waals surface area contributed by atoms with Gasteiger partial charge in [0.15, 0.2) is 0 Å². The molecule has 1 aromatic heterocycles. The van der Waals surface area contributed by atoms with Crippen molar-refractivity contribution in [3.8, 4) is 39.1 Å². The van der Waals surface area contributed by atoms with E-state index in [9.17, 15) is 0 Å². The maximum Gasteiger partial charge on any atom is 0.0561 e. The number of anilines is 3. The molecule has 0 radical (unpaired) electrons. The number of fused-ring (bicyclic) bond motifs is 4. The largest absolute Gasteiger partial charge is 0.310 e. The molecule has 54 heavy (non-hydrogen) atoms. The van der Waals surface area contributed by atoms with Crippen molar-refractivity contribution in [1.82, 2.24) is 4.57 Å². The first-order valence-corrected chi connectivity index (χ1v) is 18.5. The molecule has 0 spiro atoms. The number of benzene rings is 9. The Balaban J connectivity index is 1.14. The van der Waals surface area contributed by atoms with Crippen LogP contribution in [0.2, 0.25) is 0 Å². The number of para-hydroxylation sites is 2. The van der Waals surface area contributed by atoms with Crippen LogP contribution in [0.25, 0.3) is 71.6 Å². The highest BCUT2D eigenvalue weighted by Gasteiger charge is 2.20. The van der Waals surface area contributed by atoms with Crippen molar-refractivity contribution in [3.63, 3.8) is 0 Å². The van der Waals surface area contributed by atoms with Crippen molar-refractivity contribution in [2.45, 2.75) is 0 Å². The SMILES string of the molecule is c1ccc(-c2ccc(N(c3ccc4c5ccccc5n(-c5ccc(-c6ccc7ccccc7c6)cc5)c4c3)c3ccccc3-c3ccccc3)cc2)cc1. The van der Waals surface area contributed by atoms with Gasteiger partial charge in [-0.15, -0.1) is 0 Å². The molecule has 0 bridgehead atoms. The fraction of sp³-hybridized carbons (Fsp3) is 0. The van der Waals surface area contributed by atoms with Gasteiger partial charge in [0.25, 0.3) is 0 Å². The summed E-state index contributed by atoms with van der Waals surface area (Å²) in [5, 5.41) is 4.97. The van der Waals surface area contributed by atoms with Crippen LogP contribution in [0.1, 0.15) is 0 Å². The van der Waals surface area contributed by atoms with Gasteiger partial charge in [-0.25, -0.2) is 0 Å². The fourth-order valence-corrected chi connectivity index (χ4v) is 7.94. The van der Waals surface area contributed by atoms with Gasteiger partial charge < -0.3 is 9.47 Å². The Morgan fingerprint density at radius 2 is 0.870 bits per heavy atom. The highest BCUT2D eigenvalue weighted by atomic mass is 15.1. The van der Waals surface area contributed by atoms with Crippen molar-refractivity contribution in [2.24, 2.45) is 0 Å². The number of hydrogen-bond acceptors (Lipinski definition) is 1. The van der Waals surface area contributed by atoms with Crippen molar-refractivity contribution in [3.05, 3.63) is 218 Å². The Labute approximate surface area is 315 Å². The second kappa shape index (κ2) is 13.4. The topological polar surface area (TPSA) is 8.17 Å². The summed E-state index contributed by atoms with van der Waals surface area (Å²) in [6, 6.07) is 78.9. The molecule has 0 N–H and O–H groups in total. The molecule has 0 saturated heterocycles. The lowest BCUT2D eigenvalue weighted by Crippen LogP contribution is -2.11. The first kappa shape index (κ1) is 31.6. The van der Waals surface area contributed by atoms with Crippen molar-refractivity contribution >= 4 is 49.6 Å². The minimum Gasteiger partial charge on any atom is -0.310 e. The highest BCUT2D eigenvalue weighted by Crippen LogP contribution is 2.43. The lowest BCUT2D eigenvalue weighted by molar-refractivity contribution is 1.18. The smallest absolute Gasteiger partial charge is 0.0561 e. The Bertz CT molecular complexity index is 2910. The molecule has 0 fully saturated rings. The monoisotopic (exact) mass is 688 g/mol. The van der Waals surface area contributed by atoms with Crippen molar-refractivity contribution < 1.29 is 0 Å². The molecule has 2 heteroatoms. The number of aromatic nitrogens is 1. The first-order valence-electron chi connectivity index (χ1n) is 18.5. The molecule has 10 aromatic rings. The van der Waals surface area contributed by atoms with E-state index in [0.717, 1.165) is 28.3 Å². The van der Waals surface area contributed by atoms with Gasteiger partial charge in [0, 0.05) is 33.4 Å². The molecular formula is C52H36N2. The zero-order valence-corrected chi connectivity index (χ0v) is 29.7. The van der Waals surface area contributed by atoms with E-state index in [1.807, 2.05) is 0 Å². The summed E-state index contributed by atoms with van der Waals surface area (Å²) >= 11 is 0. The second-order valence-corrected chi connectivity index (χ2v) is 13.8. The maximum absolute atomic E-state index is 2.41. The Morgan fingerprint density at radius 1 is 0.315 bits per heavy atom. The Hall–Kier alpha value is -7.16. The summed E-state index contributed by atoms with van der Waals surface area (Å²) in [4.78, 5) is 2.40. The molecular weight excluding hydrogens is 653 g/mol. The van der Waals surface area contributed by atoms with Gasteiger partial charge in [0.1, 0.15) is 0 Å². The van der Waals surface area contributed by atoms with Crippen LogP contribution in [-0.4, -0.2) is 4.57 Å². The molecule has 0 saturated carbocycles. The third-order valence-corrected chi connectivity index (χ3v) is 10.6. The predicted octanol–water partition coefficient (Wildman–Crippen LogP) is 14.4. The number of nitrogens with zero attached hydrogens (tertiary/aromatic N) is 2. The normalized spacial score (nSPS) is 11.3. The highest BCUT2D eigenvalue weighted by molar-refractivity contribution is 6.10. The van der Waals surface area contributed by atoms with Gasteiger partial charge in [-0.1, -0.05) is 164 Å². The van der Waals surface area contributed by atoms with Crippen LogP contribution in [0.15, 0.2) is 218 Å². The molecule has 0 amide bonds. The minimum absolute atomic E-state index is 1.09. The third-order valence-electron chi connectivity index (χ3n) is 10.6. The molecule has 10 rings (SSSR count). The van der Waals surface area contributed by atoms with Crippen LogP contribution in [0.3, 0.4) is 0 Å². The lowest BCUT2D eigenvalue weighted by Gasteiger charge is -2.28. The number of hydrogen-bond donors (Lipinski definition) is 0. The van der Waals surface area contributed by atoms with E-state index in [4.69, 9.17) is 0 Å². The van der Waals surface area contributed by atoms with Crippen LogP contribution < -0.4 is 4.90 Å². The summed E-state index contributed by atoms with van der Waals surface area (Å²) in [7, 11) is 0. The average molecular weight is 689 g/mol. The van der Waals surface area contributed by atoms with Crippen molar-refractivity contribution in [1.29, 1.82) is 0 Å². The van der Waals surface area contributed by atoms with Gasteiger partial charge in [-0.3, -0.25) is 0 Å². The second-order valence-electron chi connectivity index (χ2n) is 13.8. The molecule has 9 aromatic carbocycles. The molecule has 0 unspecified atom stereocenters. The Kier molecular flexibility index (Phi) is 7.85. The van der Waals surface area contributed by atoms with E-state index in [0.29, 0.717) is 0 Å². The fourth-order valence-electron chi connectivity index (χ4n) is 7.94. The Morgan fingerprint density at radius 3 is 1.67 bits per heavy atom. The lowest BCUT2D eigenvalue weighted by atomic mass is 10.0. The maximum atomic E-state index is 2.41. The van der Waals surface area contributed by atoms with Crippen LogP contribution in [-0.2, 0) is 0 Å². The van der Waals surface area contributed by atoms with E-state index in [2.05, 4.69) is 228 Å². The summed E-state index contributed by atoms with van der Waals surface area (Å²) < 4.78 is 2.41. The van der Waals surface area contributed by atoms with Gasteiger partial charge in [-0.05, 0) is 93.2 Å². The average Bonchev–Trinajstić information content (AvgIpc) is 3.58. The van der Waals surface area contributed by atoms with E-state index < -0.39 is 0 Å². The van der Waals surface area contributed by atoms with E-state index >= 15 is 0 Å². The zero-order chi connectivity index (χ0) is 35.8. The summed E-state index contributed by atoms with van der Waals surface area (Å²) in [6.07, 6.45) is 0. The van der Waals surface area contributed by atoms with E-state index in [1.54, 1.807) is 0 Å². The summed E-state index contributed by atoms with van der Waals surface area (Å²) in [5.74, 6) is 0. The molecule has 0 aliphatic carbocycles. The van der Waals surface area contributed by atoms with Crippen LogP contribution >= 0.6 is 0 Å². The van der Waals surface area contributed by atoms with Crippen LogP contribution in [0, 0.1) is 0 Å². The standard InChI is InChI=1S/C52H36N2/c1-3-13-37(14-4-1)39-25-29-44(30-26-39)53(50-21-11-9-19-47(50)41-16-5-2-6-17-41)46-33-34-49-48-20-10-12-22-51(48)54(52(49)36-46)45-31-27-40(28-32-45)43-24-23-38-15-7-8-18-42(38)35-43/h1-36H. The van der Waals surface area contributed by atoms with E-state index in [1.165, 1.54) is 60.4 Å².